The molecule has 1 spiro atoms. The van der Waals surface area contributed by atoms with Crippen LogP contribution in [0.5, 0.6) is 0 Å². The number of hydrogen-bond donors (Lipinski definition) is 0. The van der Waals surface area contributed by atoms with Crippen molar-refractivity contribution >= 4 is 0 Å². The van der Waals surface area contributed by atoms with Crippen molar-refractivity contribution < 1.29 is 9.47 Å². The van der Waals surface area contributed by atoms with Gasteiger partial charge in [0.2, 0.25) is 0 Å². The number of hydrogen-bond acceptors (Lipinski definition) is 5. The zero-order valence-corrected chi connectivity index (χ0v) is 13.9. The second kappa shape index (κ2) is 7.01. The summed E-state index contributed by atoms with van der Waals surface area (Å²) >= 11 is 0. The Balaban J connectivity index is 1.40. The summed E-state index contributed by atoms with van der Waals surface area (Å²) in [7, 11) is 0. The van der Waals surface area contributed by atoms with Crippen molar-refractivity contribution in [3.05, 3.63) is 48.5 Å². The van der Waals surface area contributed by atoms with Gasteiger partial charge in [0, 0.05) is 38.2 Å². The molecule has 128 valence electrons. The Hall–Kier alpha value is -1.76. The van der Waals surface area contributed by atoms with Crippen molar-refractivity contribution in [2.45, 2.75) is 37.6 Å². The molecule has 24 heavy (non-hydrogen) atoms. The van der Waals surface area contributed by atoms with E-state index in [0.717, 1.165) is 51.3 Å². The minimum Gasteiger partial charge on any atom is -0.377 e. The first-order valence-electron chi connectivity index (χ1n) is 8.67. The van der Waals surface area contributed by atoms with Gasteiger partial charge in [-0.25, -0.2) is 0 Å². The minimum absolute atomic E-state index is 0.191. The lowest BCUT2D eigenvalue weighted by Crippen LogP contribution is -2.44. The molecule has 2 aliphatic rings. The van der Waals surface area contributed by atoms with E-state index in [4.69, 9.17) is 9.47 Å². The molecule has 0 aliphatic carbocycles. The molecule has 4 rings (SSSR count). The van der Waals surface area contributed by atoms with Gasteiger partial charge in [0.05, 0.1) is 31.6 Å². The summed E-state index contributed by atoms with van der Waals surface area (Å²) in [5.74, 6) is 0. The van der Waals surface area contributed by atoms with Crippen molar-refractivity contribution in [3.8, 4) is 0 Å². The van der Waals surface area contributed by atoms with Gasteiger partial charge in [-0.1, -0.05) is 6.07 Å². The smallest absolute Gasteiger partial charge is 0.105 e. The van der Waals surface area contributed by atoms with E-state index in [1.165, 1.54) is 0 Å². The highest BCUT2D eigenvalue weighted by atomic mass is 16.6. The second-order valence-electron chi connectivity index (χ2n) is 6.77. The van der Waals surface area contributed by atoms with E-state index in [0.29, 0.717) is 6.61 Å². The fraction of sp³-hybridized carbons (Fsp3) is 0.556. The molecule has 0 amide bonds. The highest BCUT2D eigenvalue weighted by Gasteiger charge is 2.43. The third-order valence-electron chi connectivity index (χ3n) is 4.83. The van der Waals surface area contributed by atoms with Gasteiger partial charge in [-0.15, -0.1) is 0 Å². The van der Waals surface area contributed by atoms with E-state index >= 15 is 0 Å². The summed E-state index contributed by atoms with van der Waals surface area (Å²) in [5.41, 5.74) is 0.906. The van der Waals surface area contributed by atoms with Gasteiger partial charge in [-0.05, 0) is 31.0 Å². The molecule has 0 unspecified atom stereocenters. The lowest BCUT2D eigenvalue weighted by Gasteiger charge is -2.31. The summed E-state index contributed by atoms with van der Waals surface area (Å²) in [4.78, 5) is 6.86. The highest BCUT2D eigenvalue weighted by Crippen LogP contribution is 2.33. The Bertz CT molecular complexity index is 634. The maximum absolute atomic E-state index is 6.46. The quantitative estimate of drug-likeness (QED) is 0.855. The molecule has 2 aromatic heterocycles. The number of aromatic nitrogens is 3. The molecule has 2 atom stereocenters. The fourth-order valence-corrected chi connectivity index (χ4v) is 3.70. The SMILES string of the molecule is c1ccc(CN2CCOC[C@@]3(CC[C@H](Cn4cccn4)O3)C2)nc1. The first-order chi connectivity index (χ1) is 11.8. The predicted octanol–water partition coefficient (Wildman–Crippen LogP) is 1.73. The van der Waals surface area contributed by atoms with E-state index in [1.54, 1.807) is 0 Å². The van der Waals surface area contributed by atoms with Crippen molar-refractivity contribution in [2.24, 2.45) is 0 Å². The van der Waals surface area contributed by atoms with Crippen molar-refractivity contribution in [1.29, 1.82) is 0 Å². The average molecular weight is 328 g/mol. The fourth-order valence-electron chi connectivity index (χ4n) is 3.70. The van der Waals surface area contributed by atoms with Gasteiger partial charge in [0.1, 0.15) is 5.60 Å². The molecule has 6 nitrogen and oxygen atoms in total. The van der Waals surface area contributed by atoms with Gasteiger partial charge >= 0.3 is 0 Å². The minimum atomic E-state index is -0.191. The molecule has 2 aromatic rings. The largest absolute Gasteiger partial charge is 0.377 e. The number of pyridine rings is 1. The summed E-state index contributed by atoms with van der Waals surface area (Å²) in [6.45, 7) is 4.92. The van der Waals surface area contributed by atoms with E-state index in [-0.39, 0.29) is 11.7 Å². The molecule has 2 aliphatic heterocycles. The normalized spacial score (nSPS) is 28.2. The van der Waals surface area contributed by atoms with Gasteiger partial charge < -0.3 is 9.47 Å². The second-order valence-corrected chi connectivity index (χ2v) is 6.77. The molecule has 2 saturated heterocycles. The molecule has 0 bridgehead atoms. The molecule has 0 saturated carbocycles. The lowest BCUT2D eigenvalue weighted by atomic mass is 10.00. The molecular formula is C18H24N4O2. The first kappa shape index (κ1) is 15.7. The Morgan fingerprint density at radius 2 is 2.25 bits per heavy atom. The van der Waals surface area contributed by atoms with Crippen molar-refractivity contribution in [3.63, 3.8) is 0 Å². The predicted molar refractivity (Wildman–Crippen MR) is 89.4 cm³/mol. The zero-order chi connectivity index (χ0) is 16.2. The number of nitrogens with zero attached hydrogens (tertiary/aromatic N) is 4. The van der Waals surface area contributed by atoms with Gasteiger partial charge in [-0.3, -0.25) is 14.6 Å². The molecule has 0 radical (unpaired) electrons. The van der Waals surface area contributed by atoms with Gasteiger partial charge in [0.25, 0.3) is 0 Å². The standard InChI is InChI=1S/C18H24N4O2/c1-2-7-19-16(4-1)12-21-10-11-23-15-18(14-21)6-5-17(24-18)13-22-9-3-8-20-22/h1-4,7-9,17H,5-6,10-15H2/t17-,18-/m1/s1. The van der Waals surface area contributed by atoms with Crippen LogP contribution in [0, 0.1) is 0 Å². The van der Waals surface area contributed by atoms with Crippen LogP contribution in [0.25, 0.3) is 0 Å². The van der Waals surface area contributed by atoms with Gasteiger partial charge in [0.15, 0.2) is 0 Å². The third-order valence-corrected chi connectivity index (χ3v) is 4.83. The summed E-state index contributed by atoms with van der Waals surface area (Å²) in [5, 5.41) is 4.29. The van der Waals surface area contributed by atoms with Crippen LogP contribution in [0.4, 0.5) is 0 Å². The third kappa shape index (κ3) is 3.66. The Kier molecular flexibility index (Phi) is 4.60. The van der Waals surface area contributed by atoms with Crippen molar-refractivity contribution in [2.75, 3.05) is 26.3 Å². The zero-order valence-electron chi connectivity index (χ0n) is 13.9. The van der Waals surface area contributed by atoms with Crippen LogP contribution in [0.3, 0.4) is 0 Å². The molecule has 6 heteroatoms. The molecule has 0 aromatic carbocycles. The highest BCUT2D eigenvalue weighted by molar-refractivity contribution is 5.04. The lowest BCUT2D eigenvalue weighted by molar-refractivity contribution is -0.0905. The number of rotatable bonds is 4. The Morgan fingerprint density at radius 1 is 1.25 bits per heavy atom. The van der Waals surface area contributed by atoms with Crippen LogP contribution in [-0.2, 0) is 22.6 Å². The maximum Gasteiger partial charge on any atom is 0.105 e. The van der Waals surface area contributed by atoms with E-state index in [1.807, 2.05) is 41.5 Å². The molecule has 2 fully saturated rings. The van der Waals surface area contributed by atoms with Crippen LogP contribution in [0.2, 0.25) is 0 Å². The summed E-state index contributed by atoms with van der Waals surface area (Å²) < 4.78 is 14.3. The van der Waals surface area contributed by atoms with E-state index < -0.39 is 0 Å². The Labute approximate surface area is 142 Å². The van der Waals surface area contributed by atoms with Crippen LogP contribution >= 0.6 is 0 Å². The monoisotopic (exact) mass is 328 g/mol. The van der Waals surface area contributed by atoms with Gasteiger partial charge in [-0.2, -0.15) is 5.10 Å². The summed E-state index contributed by atoms with van der Waals surface area (Å²) in [6, 6.07) is 8.03. The van der Waals surface area contributed by atoms with E-state index in [2.05, 4.69) is 21.0 Å². The number of ether oxygens (including phenoxy) is 2. The Morgan fingerprint density at radius 3 is 3.08 bits per heavy atom. The molecule has 0 N–H and O–H groups in total. The van der Waals surface area contributed by atoms with Crippen LogP contribution in [0.15, 0.2) is 42.9 Å². The average Bonchev–Trinajstić information content (AvgIpc) is 3.19. The summed E-state index contributed by atoms with van der Waals surface area (Å²) in [6.07, 6.45) is 7.96. The first-order valence-corrected chi connectivity index (χ1v) is 8.67. The van der Waals surface area contributed by atoms with E-state index in [9.17, 15) is 0 Å². The van der Waals surface area contributed by atoms with Crippen LogP contribution in [-0.4, -0.2) is 57.7 Å². The molecule has 4 heterocycles. The van der Waals surface area contributed by atoms with Crippen LogP contribution in [0.1, 0.15) is 18.5 Å². The topological polar surface area (TPSA) is 52.4 Å². The van der Waals surface area contributed by atoms with Crippen LogP contribution < -0.4 is 0 Å². The maximum atomic E-state index is 6.46. The van der Waals surface area contributed by atoms with Crippen molar-refractivity contribution in [1.82, 2.24) is 19.7 Å². The molecular weight excluding hydrogens is 304 g/mol.